The molecule has 1 saturated heterocycles. The monoisotopic (exact) mass is 436 g/mol. The number of nitrogens with zero attached hydrogens (tertiary/aromatic N) is 6. The van der Waals surface area contributed by atoms with Crippen molar-refractivity contribution in [3.05, 3.63) is 35.9 Å². The highest BCUT2D eigenvalue weighted by Gasteiger charge is 2.19. The Hall–Kier alpha value is -2.55. The molecule has 2 N–H and O–H groups in total. The van der Waals surface area contributed by atoms with E-state index in [9.17, 15) is 0 Å². The Labute approximate surface area is 191 Å². The van der Waals surface area contributed by atoms with Crippen molar-refractivity contribution in [3.8, 4) is 11.1 Å². The second-order valence-electron chi connectivity index (χ2n) is 9.09. The molecule has 0 bridgehead atoms. The van der Waals surface area contributed by atoms with Crippen LogP contribution in [0, 0.1) is 13.8 Å². The van der Waals surface area contributed by atoms with E-state index in [2.05, 4.69) is 83.2 Å². The van der Waals surface area contributed by atoms with Crippen LogP contribution in [0.4, 0.5) is 5.82 Å². The highest BCUT2D eigenvalue weighted by molar-refractivity contribution is 5.99. The van der Waals surface area contributed by atoms with Gasteiger partial charge in [0.15, 0.2) is 0 Å². The van der Waals surface area contributed by atoms with Gasteiger partial charge in [0, 0.05) is 67.5 Å². The minimum absolute atomic E-state index is 0.298. The average molecular weight is 437 g/mol. The smallest absolute Gasteiger partial charge is 0.137 e. The van der Waals surface area contributed by atoms with Crippen molar-refractivity contribution in [1.29, 1.82) is 0 Å². The van der Waals surface area contributed by atoms with Crippen LogP contribution in [0.5, 0.6) is 0 Å². The number of nitrogens with one attached hydrogen (secondary N) is 2. The first kappa shape index (κ1) is 22.6. The number of hydrogen-bond acceptors (Lipinski definition) is 7. The van der Waals surface area contributed by atoms with Crippen LogP contribution in [0.15, 0.2) is 24.5 Å². The van der Waals surface area contributed by atoms with E-state index in [4.69, 9.17) is 10.1 Å². The third-order valence-corrected chi connectivity index (χ3v) is 6.20. The van der Waals surface area contributed by atoms with Gasteiger partial charge in [0.1, 0.15) is 12.1 Å². The molecule has 1 aliphatic heterocycles. The molecule has 0 saturated carbocycles. The molecule has 0 amide bonds. The lowest BCUT2D eigenvalue weighted by molar-refractivity contribution is 0.235. The van der Waals surface area contributed by atoms with E-state index in [0.29, 0.717) is 6.04 Å². The van der Waals surface area contributed by atoms with Crippen molar-refractivity contribution in [2.75, 3.05) is 58.7 Å². The number of para-hydroxylation sites is 1. The van der Waals surface area contributed by atoms with Gasteiger partial charge in [-0.3, -0.25) is 9.58 Å². The first-order valence-corrected chi connectivity index (χ1v) is 11.6. The van der Waals surface area contributed by atoms with Crippen LogP contribution in [0.3, 0.4) is 0 Å². The van der Waals surface area contributed by atoms with Crippen molar-refractivity contribution in [3.63, 3.8) is 0 Å². The van der Waals surface area contributed by atoms with Gasteiger partial charge in [-0.2, -0.15) is 5.10 Å². The van der Waals surface area contributed by atoms with E-state index in [1.54, 1.807) is 6.33 Å². The number of rotatable bonds is 8. The zero-order valence-electron chi connectivity index (χ0n) is 20.0. The van der Waals surface area contributed by atoms with Gasteiger partial charge in [-0.15, -0.1) is 0 Å². The Morgan fingerprint density at radius 3 is 2.69 bits per heavy atom. The fraction of sp³-hybridized carbons (Fsp3) is 0.542. The first-order valence-electron chi connectivity index (χ1n) is 11.6. The summed E-state index contributed by atoms with van der Waals surface area (Å²) < 4.78 is 2.11. The standard InChI is InChI=1S/C24H36N8/c1-17(15-31-11-9-25-10-12-31)28-24-21-8-6-7-20(23(21)26-16-27-24)22-18(2)29-32(19(22)3)14-13-30(4)5/h6-8,16-17,25H,9-15H2,1-5H3,(H,26,27,28)/t17-/m0/s1. The predicted molar refractivity (Wildman–Crippen MR) is 131 cm³/mol. The first-order chi connectivity index (χ1) is 15.4. The topological polar surface area (TPSA) is 74.1 Å². The van der Waals surface area contributed by atoms with Gasteiger partial charge in [0.25, 0.3) is 0 Å². The van der Waals surface area contributed by atoms with Crippen LogP contribution < -0.4 is 10.6 Å². The number of benzene rings is 1. The third kappa shape index (κ3) is 4.92. The van der Waals surface area contributed by atoms with E-state index >= 15 is 0 Å². The Morgan fingerprint density at radius 2 is 1.94 bits per heavy atom. The van der Waals surface area contributed by atoms with Gasteiger partial charge < -0.3 is 15.5 Å². The summed E-state index contributed by atoms with van der Waals surface area (Å²) in [6, 6.07) is 6.66. The van der Waals surface area contributed by atoms with Crippen LogP contribution in [0.1, 0.15) is 18.3 Å². The zero-order chi connectivity index (χ0) is 22.7. The molecule has 1 atom stereocenters. The number of fused-ring (bicyclic) bond motifs is 1. The van der Waals surface area contributed by atoms with E-state index in [-0.39, 0.29) is 0 Å². The molecule has 0 aliphatic carbocycles. The largest absolute Gasteiger partial charge is 0.366 e. The summed E-state index contributed by atoms with van der Waals surface area (Å²) in [7, 11) is 4.18. The highest BCUT2D eigenvalue weighted by atomic mass is 15.3. The van der Waals surface area contributed by atoms with Gasteiger partial charge >= 0.3 is 0 Å². The van der Waals surface area contributed by atoms with E-state index < -0.39 is 0 Å². The molecule has 3 heterocycles. The molecule has 32 heavy (non-hydrogen) atoms. The van der Waals surface area contributed by atoms with Crippen LogP contribution in [-0.4, -0.2) is 89.0 Å². The summed E-state index contributed by atoms with van der Waals surface area (Å²) in [5, 5.41) is 12.9. The molecule has 1 aliphatic rings. The number of hydrogen-bond donors (Lipinski definition) is 2. The van der Waals surface area contributed by atoms with Crippen LogP contribution in [0.2, 0.25) is 0 Å². The van der Waals surface area contributed by atoms with Crippen molar-refractivity contribution in [2.45, 2.75) is 33.4 Å². The van der Waals surface area contributed by atoms with Crippen LogP contribution >= 0.6 is 0 Å². The second-order valence-corrected chi connectivity index (χ2v) is 9.09. The average Bonchev–Trinajstić information content (AvgIpc) is 3.05. The second kappa shape index (κ2) is 9.94. The molecule has 2 aromatic heterocycles. The number of aromatic nitrogens is 4. The molecule has 8 nitrogen and oxygen atoms in total. The molecule has 3 aromatic rings. The summed E-state index contributed by atoms with van der Waals surface area (Å²) >= 11 is 0. The molecule has 4 rings (SSSR count). The maximum absolute atomic E-state index is 4.82. The van der Waals surface area contributed by atoms with E-state index in [0.717, 1.165) is 73.8 Å². The maximum atomic E-state index is 4.82. The fourth-order valence-corrected chi connectivity index (χ4v) is 4.56. The molecular formula is C24H36N8. The molecule has 1 fully saturated rings. The normalized spacial score (nSPS) is 16.1. The molecule has 1 aromatic carbocycles. The van der Waals surface area contributed by atoms with Crippen molar-refractivity contribution < 1.29 is 0 Å². The van der Waals surface area contributed by atoms with Crippen molar-refractivity contribution >= 4 is 16.7 Å². The van der Waals surface area contributed by atoms with Gasteiger partial charge in [-0.25, -0.2) is 9.97 Å². The van der Waals surface area contributed by atoms with Crippen molar-refractivity contribution in [1.82, 2.24) is 34.9 Å². The zero-order valence-corrected chi connectivity index (χ0v) is 20.0. The fourth-order valence-electron chi connectivity index (χ4n) is 4.56. The molecular weight excluding hydrogens is 400 g/mol. The molecule has 0 radical (unpaired) electrons. The van der Waals surface area contributed by atoms with Gasteiger partial charge in [0.05, 0.1) is 17.8 Å². The molecule has 172 valence electrons. The summed E-state index contributed by atoms with van der Waals surface area (Å²) in [6.45, 7) is 13.6. The Kier molecular flexibility index (Phi) is 7.03. The Bertz CT molecular complexity index is 1050. The molecule has 0 spiro atoms. The highest BCUT2D eigenvalue weighted by Crippen LogP contribution is 2.34. The maximum Gasteiger partial charge on any atom is 0.137 e. The minimum atomic E-state index is 0.298. The summed E-state index contributed by atoms with van der Waals surface area (Å²) in [6.07, 6.45) is 1.67. The lowest BCUT2D eigenvalue weighted by atomic mass is 10.0. The van der Waals surface area contributed by atoms with E-state index in [1.165, 1.54) is 11.3 Å². The molecule has 8 heteroatoms. The Morgan fingerprint density at radius 1 is 1.16 bits per heavy atom. The quantitative estimate of drug-likeness (QED) is 0.562. The van der Waals surface area contributed by atoms with E-state index in [1.807, 2.05) is 0 Å². The summed E-state index contributed by atoms with van der Waals surface area (Å²) in [5.74, 6) is 0.898. The SMILES string of the molecule is Cc1nn(CCN(C)C)c(C)c1-c1cccc2c(N[C@@H](C)CN3CCNCC3)ncnc12. The van der Waals surface area contributed by atoms with Crippen LogP contribution in [-0.2, 0) is 6.54 Å². The van der Waals surface area contributed by atoms with Gasteiger partial charge in [0.2, 0.25) is 0 Å². The number of aryl methyl sites for hydroxylation is 1. The van der Waals surface area contributed by atoms with Crippen molar-refractivity contribution in [2.24, 2.45) is 0 Å². The van der Waals surface area contributed by atoms with Gasteiger partial charge in [-0.1, -0.05) is 12.1 Å². The third-order valence-electron chi connectivity index (χ3n) is 6.20. The summed E-state index contributed by atoms with van der Waals surface area (Å²) in [5.41, 5.74) is 5.48. The lowest BCUT2D eigenvalue weighted by Crippen LogP contribution is -2.47. The summed E-state index contributed by atoms with van der Waals surface area (Å²) in [4.78, 5) is 14.0. The lowest BCUT2D eigenvalue weighted by Gasteiger charge is -2.30. The predicted octanol–water partition coefficient (Wildman–Crippen LogP) is 2.38. The minimum Gasteiger partial charge on any atom is -0.366 e. The number of anilines is 1. The molecule has 0 unspecified atom stereocenters. The number of likely N-dealkylation sites (N-methyl/N-ethyl adjacent to an activating group) is 1. The van der Waals surface area contributed by atoms with Crippen LogP contribution in [0.25, 0.3) is 22.0 Å². The Balaban J connectivity index is 1.62. The van der Waals surface area contributed by atoms with Gasteiger partial charge in [-0.05, 0) is 40.9 Å². The number of piperazine rings is 1.